The van der Waals surface area contributed by atoms with Gasteiger partial charge < -0.3 is 5.73 Å². The first-order valence-corrected chi connectivity index (χ1v) is 8.24. The fourth-order valence-corrected chi connectivity index (χ4v) is 3.75. The fourth-order valence-electron chi connectivity index (χ4n) is 1.73. The van der Waals surface area contributed by atoms with Gasteiger partial charge in [0.2, 0.25) is 10.0 Å². The van der Waals surface area contributed by atoms with Crippen molar-refractivity contribution in [3.05, 3.63) is 58.1 Å². The molecule has 0 aromatic heterocycles. The van der Waals surface area contributed by atoms with Crippen LogP contribution in [-0.4, -0.2) is 8.42 Å². The Hall–Kier alpha value is -1.88. The van der Waals surface area contributed by atoms with E-state index in [9.17, 15) is 8.42 Å². The molecular weight excluding hydrogens is 354 g/mol. The van der Waals surface area contributed by atoms with E-state index < -0.39 is 10.0 Å². The molecule has 2 aromatic carbocycles. The second-order valence-electron chi connectivity index (χ2n) is 4.33. The average molecular weight is 366 g/mol. The second kappa shape index (κ2) is 6.26. The Labute approximate surface area is 131 Å². The number of hydrogen-bond donors (Lipinski definition) is 2. The number of anilines is 1. The van der Waals surface area contributed by atoms with Crippen molar-refractivity contribution < 1.29 is 8.42 Å². The molecule has 0 bridgehead atoms. The average Bonchev–Trinajstić information content (AvgIpc) is 2.48. The highest BCUT2D eigenvalue weighted by Crippen LogP contribution is 2.24. The number of nitrogen functional groups attached to an aromatic ring is 1. The summed E-state index contributed by atoms with van der Waals surface area (Å²) in [7, 11) is -3.69. The van der Waals surface area contributed by atoms with Crippen LogP contribution in [0.5, 0.6) is 0 Å². The molecule has 0 amide bonds. The third kappa shape index (κ3) is 3.82. The van der Waals surface area contributed by atoms with Crippen LogP contribution in [0.15, 0.2) is 51.8 Å². The molecule has 0 fully saturated rings. The predicted molar refractivity (Wildman–Crippen MR) is 83.7 cm³/mol. The lowest BCUT2D eigenvalue weighted by molar-refractivity contribution is 0.581. The summed E-state index contributed by atoms with van der Waals surface area (Å²) >= 11 is 3.20. The molecule has 0 atom stereocenters. The molecule has 0 saturated heterocycles. The maximum absolute atomic E-state index is 12.3. The molecule has 2 rings (SSSR count). The van der Waals surface area contributed by atoms with Gasteiger partial charge in [0.25, 0.3) is 0 Å². The van der Waals surface area contributed by atoms with Gasteiger partial charge in [0, 0.05) is 16.7 Å². The van der Waals surface area contributed by atoms with Crippen LogP contribution in [0.4, 0.5) is 5.69 Å². The van der Waals surface area contributed by atoms with Crippen molar-refractivity contribution in [2.45, 2.75) is 11.4 Å². The number of hydrogen-bond acceptors (Lipinski definition) is 4. The van der Waals surface area contributed by atoms with Gasteiger partial charge >= 0.3 is 0 Å². The SMILES string of the molecule is N#Cc1cccc(CNS(=O)(=O)c2cc(N)ccc2Br)c1. The second-order valence-corrected chi connectivity index (χ2v) is 6.92. The van der Waals surface area contributed by atoms with E-state index in [1.807, 2.05) is 6.07 Å². The Balaban J connectivity index is 2.22. The molecule has 21 heavy (non-hydrogen) atoms. The van der Waals surface area contributed by atoms with E-state index in [1.165, 1.54) is 6.07 Å². The Morgan fingerprint density at radius 3 is 2.71 bits per heavy atom. The number of benzene rings is 2. The van der Waals surface area contributed by atoms with E-state index in [1.54, 1.807) is 36.4 Å². The number of halogens is 1. The zero-order chi connectivity index (χ0) is 15.5. The van der Waals surface area contributed by atoms with Crippen molar-refractivity contribution >= 4 is 31.6 Å². The topological polar surface area (TPSA) is 96.0 Å². The minimum Gasteiger partial charge on any atom is -0.399 e. The van der Waals surface area contributed by atoms with Gasteiger partial charge in [0.05, 0.1) is 16.5 Å². The van der Waals surface area contributed by atoms with Crippen molar-refractivity contribution in [2.75, 3.05) is 5.73 Å². The number of sulfonamides is 1. The van der Waals surface area contributed by atoms with Crippen molar-refractivity contribution in [1.29, 1.82) is 5.26 Å². The summed E-state index contributed by atoms with van der Waals surface area (Å²) < 4.78 is 27.5. The van der Waals surface area contributed by atoms with E-state index in [0.717, 1.165) is 0 Å². The predicted octanol–water partition coefficient (Wildman–Crippen LogP) is 2.38. The normalized spacial score (nSPS) is 11.0. The molecule has 0 spiro atoms. The first-order chi connectivity index (χ1) is 9.92. The van der Waals surface area contributed by atoms with Gasteiger partial charge in [0.15, 0.2) is 0 Å². The lowest BCUT2D eigenvalue weighted by atomic mass is 10.1. The highest BCUT2D eigenvalue weighted by molar-refractivity contribution is 9.10. The summed E-state index contributed by atoms with van der Waals surface area (Å²) in [5.41, 5.74) is 7.18. The molecule has 108 valence electrons. The molecule has 0 heterocycles. The van der Waals surface area contributed by atoms with Gasteiger partial charge in [0.1, 0.15) is 0 Å². The standard InChI is InChI=1S/C14H12BrN3O2S/c15-13-5-4-12(17)7-14(13)21(19,20)18-9-11-3-1-2-10(6-11)8-16/h1-7,18H,9,17H2. The lowest BCUT2D eigenvalue weighted by Gasteiger charge is -2.09. The summed E-state index contributed by atoms with van der Waals surface area (Å²) in [6.45, 7) is 0.0963. The van der Waals surface area contributed by atoms with Crippen LogP contribution in [0, 0.1) is 11.3 Å². The van der Waals surface area contributed by atoms with Gasteiger partial charge in [-0.15, -0.1) is 0 Å². The highest BCUT2D eigenvalue weighted by Gasteiger charge is 2.17. The van der Waals surface area contributed by atoms with Crippen LogP contribution in [0.25, 0.3) is 0 Å². The van der Waals surface area contributed by atoms with Gasteiger partial charge in [-0.2, -0.15) is 5.26 Å². The van der Waals surface area contributed by atoms with Crippen molar-refractivity contribution in [1.82, 2.24) is 4.72 Å². The molecule has 0 saturated carbocycles. The summed E-state index contributed by atoms with van der Waals surface area (Å²) in [5, 5.41) is 8.83. The van der Waals surface area contributed by atoms with Crippen molar-refractivity contribution in [2.24, 2.45) is 0 Å². The van der Waals surface area contributed by atoms with E-state index in [0.29, 0.717) is 21.3 Å². The van der Waals surface area contributed by atoms with Crippen molar-refractivity contribution in [3.63, 3.8) is 0 Å². The Morgan fingerprint density at radius 2 is 2.00 bits per heavy atom. The lowest BCUT2D eigenvalue weighted by Crippen LogP contribution is -2.23. The molecular formula is C14H12BrN3O2S. The molecule has 0 aliphatic carbocycles. The number of nitrogens with two attached hydrogens (primary N) is 1. The largest absolute Gasteiger partial charge is 0.399 e. The third-order valence-corrected chi connectivity index (χ3v) is 5.16. The number of nitrogens with one attached hydrogen (secondary N) is 1. The smallest absolute Gasteiger partial charge is 0.242 e. The van der Waals surface area contributed by atoms with Gasteiger partial charge in [-0.05, 0) is 51.8 Å². The Bertz CT molecular complexity index is 813. The van der Waals surface area contributed by atoms with Crippen LogP contribution in [0.2, 0.25) is 0 Å². The number of nitriles is 1. The molecule has 0 aliphatic heterocycles. The van der Waals surface area contributed by atoms with Crippen LogP contribution in [-0.2, 0) is 16.6 Å². The molecule has 3 N–H and O–H groups in total. The van der Waals surface area contributed by atoms with E-state index in [2.05, 4.69) is 20.7 Å². The van der Waals surface area contributed by atoms with E-state index in [-0.39, 0.29) is 11.4 Å². The minimum absolute atomic E-state index is 0.0823. The quantitative estimate of drug-likeness (QED) is 0.812. The Kier molecular flexibility index (Phi) is 4.63. The zero-order valence-corrected chi connectivity index (χ0v) is 13.3. The van der Waals surface area contributed by atoms with Crippen LogP contribution in [0.1, 0.15) is 11.1 Å². The minimum atomic E-state index is -3.69. The van der Waals surface area contributed by atoms with Crippen molar-refractivity contribution in [3.8, 4) is 6.07 Å². The summed E-state index contributed by atoms with van der Waals surface area (Å²) in [4.78, 5) is 0.0823. The first-order valence-electron chi connectivity index (χ1n) is 5.96. The summed E-state index contributed by atoms with van der Waals surface area (Å²) in [5.74, 6) is 0. The molecule has 7 heteroatoms. The highest BCUT2D eigenvalue weighted by atomic mass is 79.9. The molecule has 0 aliphatic rings. The first kappa shape index (κ1) is 15.5. The maximum Gasteiger partial charge on any atom is 0.242 e. The molecule has 5 nitrogen and oxygen atoms in total. The van der Waals surface area contributed by atoms with Crippen LogP contribution in [0.3, 0.4) is 0 Å². The summed E-state index contributed by atoms with van der Waals surface area (Å²) in [6, 6.07) is 13.3. The number of rotatable bonds is 4. The number of nitrogens with zero attached hydrogens (tertiary/aromatic N) is 1. The zero-order valence-electron chi connectivity index (χ0n) is 10.9. The monoisotopic (exact) mass is 365 g/mol. The van der Waals surface area contributed by atoms with E-state index in [4.69, 9.17) is 11.0 Å². The van der Waals surface area contributed by atoms with Gasteiger partial charge in [-0.25, -0.2) is 13.1 Å². The molecule has 0 unspecified atom stereocenters. The van der Waals surface area contributed by atoms with E-state index >= 15 is 0 Å². The van der Waals surface area contributed by atoms with Crippen LogP contribution < -0.4 is 10.5 Å². The fraction of sp³-hybridized carbons (Fsp3) is 0.0714. The van der Waals surface area contributed by atoms with Gasteiger partial charge in [-0.3, -0.25) is 0 Å². The van der Waals surface area contributed by atoms with Gasteiger partial charge in [-0.1, -0.05) is 12.1 Å². The molecule has 0 radical (unpaired) electrons. The maximum atomic E-state index is 12.3. The summed E-state index contributed by atoms with van der Waals surface area (Å²) in [6.07, 6.45) is 0. The third-order valence-electron chi connectivity index (χ3n) is 2.77. The molecule has 2 aromatic rings. The van der Waals surface area contributed by atoms with Crippen LogP contribution >= 0.6 is 15.9 Å². The Morgan fingerprint density at radius 1 is 1.24 bits per heavy atom.